The van der Waals surface area contributed by atoms with Crippen LogP contribution in [0, 0.1) is 0 Å². The molecule has 1 unspecified atom stereocenters. The molecule has 21 heavy (non-hydrogen) atoms. The summed E-state index contributed by atoms with van der Waals surface area (Å²) in [6, 6.07) is -0.350. The van der Waals surface area contributed by atoms with Crippen molar-refractivity contribution in [2.45, 2.75) is 71.9 Å². The highest BCUT2D eigenvalue weighted by Crippen LogP contribution is 2.22. The maximum atomic E-state index is 12.6. The highest BCUT2D eigenvalue weighted by Gasteiger charge is 2.38. The van der Waals surface area contributed by atoms with Gasteiger partial charge >= 0.3 is 6.09 Å². The number of carbonyl (C=O) groups is 2. The molecular formula is C16H30N2O3. The van der Waals surface area contributed by atoms with E-state index in [4.69, 9.17) is 4.74 Å². The lowest BCUT2D eigenvalue weighted by molar-refractivity contribution is -0.135. The van der Waals surface area contributed by atoms with Crippen LogP contribution in [0.2, 0.25) is 0 Å². The van der Waals surface area contributed by atoms with E-state index in [1.807, 2.05) is 32.6 Å². The minimum atomic E-state index is -0.528. The molecule has 0 aliphatic carbocycles. The van der Waals surface area contributed by atoms with Crippen molar-refractivity contribution in [2.75, 3.05) is 19.6 Å². The standard InChI is InChI=1S/C16H30N2O3/c1-6-8-11-17(7-2)14(19)13-10-9-12-18(13)15(20)21-16(3,4)5/h13H,6-12H2,1-5H3. The minimum Gasteiger partial charge on any atom is -0.444 e. The first-order valence-electron chi connectivity index (χ1n) is 8.08. The van der Waals surface area contributed by atoms with Crippen molar-refractivity contribution in [3.63, 3.8) is 0 Å². The average molecular weight is 298 g/mol. The molecule has 0 aromatic carbocycles. The molecule has 1 aliphatic heterocycles. The second kappa shape index (κ2) is 7.66. The molecule has 1 rings (SSSR count). The molecule has 1 aliphatic rings. The van der Waals surface area contributed by atoms with Crippen molar-refractivity contribution in [1.29, 1.82) is 0 Å². The van der Waals surface area contributed by atoms with Gasteiger partial charge in [-0.15, -0.1) is 0 Å². The van der Waals surface area contributed by atoms with Gasteiger partial charge in [-0.1, -0.05) is 13.3 Å². The Bertz CT molecular complexity index is 363. The molecule has 0 radical (unpaired) electrons. The molecule has 0 aromatic heterocycles. The van der Waals surface area contributed by atoms with E-state index in [9.17, 15) is 9.59 Å². The van der Waals surface area contributed by atoms with E-state index in [1.165, 1.54) is 0 Å². The van der Waals surface area contributed by atoms with E-state index < -0.39 is 5.60 Å². The van der Waals surface area contributed by atoms with Gasteiger partial charge in [0.05, 0.1) is 0 Å². The number of carbonyl (C=O) groups excluding carboxylic acids is 2. The summed E-state index contributed by atoms with van der Waals surface area (Å²) in [6.07, 6.45) is 3.29. The lowest BCUT2D eigenvalue weighted by Crippen LogP contribution is -2.49. The molecule has 0 spiro atoms. The zero-order valence-electron chi connectivity index (χ0n) is 14.1. The number of likely N-dealkylation sites (tertiary alicyclic amines) is 1. The van der Waals surface area contributed by atoms with Gasteiger partial charge in [-0.25, -0.2) is 4.79 Å². The molecule has 122 valence electrons. The maximum Gasteiger partial charge on any atom is 0.410 e. The van der Waals surface area contributed by atoms with Crippen LogP contribution in [0.3, 0.4) is 0 Å². The highest BCUT2D eigenvalue weighted by molar-refractivity contribution is 5.86. The largest absolute Gasteiger partial charge is 0.444 e. The highest BCUT2D eigenvalue weighted by atomic mass is 16.6. The van der Waals surface area contributed by atoms with Gasteiger partial charge in [0.1, 0.15) is 11.6 Å². The maximum absolute atomic E-state index is 12.6. The Morgan fingerprint density at radius 1 is 1.29 bits per heavy atom. The molecule has 0 saturated carbocycles. The first-order chi connectivity index (χ1) is 9.80. The second-order valence-electron chi connectivity index (χ2n) is 6.60. The summed E-state index contributed by atoms with van der Waals surface area (Å²) < 4.78 is 5.41. The molecular weight excluding hydrogens is 268 g/mol. The summed E-state index contributed by atoms with van der Waals surface area (Å²) in [4.78, 5) is 28.3. The summed E-state index contributed by atoms with van der Waals surface area (Å²) in [5.41, 5.74) is -0.528. The molecule has 0 bridgehead atoms. The lowest BCUT2D eigenvalue weighted by atomic mass is 10.1. The quantitative estimate of drug-likeness (QED) is 0.784. The number of amides is 2. The van der Waals surface area contributed by atoms with E-state index in [0.717, 1.165) is 32.2 Å². The van der Waals surface area contributed by atoms with E-state index >= 15 is 0 Å². The van der Waals surface area contributed by atoms with Crippen molar-refractivity contribution >= 4 is 12.0 Å². The third-order valence-electron chi connectivity index (χ3n) is 3.64. The third kappa shape index (κ3) is 5.21. The molecule has 2 amide bonds. The van der Waals surface area contributed by atoms with Crippen LogP contribution in [0.15, 0.2) is 0 Å². The molecule has 1 fully saturated rings. The van der Waals surface area contributed by atoms with Crippen LogP contribution in [0.5, 0.6) is 0 Å². The van der Waals surface area contributed by atoms with Crippen molar-refractivity contribution in [2.24, 2.45) is 0 Å². The third-order valence-corrected chi connectivity index (χ3v) is 3.64. The smallest absolute Gasteiger partial charge is 0.410 e. The topological polar surface area (TPSA) is 49.9 Å². The Balaban J connectivity index is 2.71. The van der Waals surface area contributed by atoms with Crippen molar-refractivity contribution in [1.82, 2.24) is 9.80 Å². The van der Waals surface area contributed by atoms with Gasteiger partial charge < -0.3 is 9.64 Å². The number of rotatable bonds is 5. The number of unbranched alkanes of at least 4 members (excludes halogenated alkanes) is 1. The van der Waals surface area contributed by atoms with Gasteiger partial charge in [-0.2, -0.15) is 0 Å². The van der Waals surface area contributed by atoms with E-state index in [-0.39, 0.29) is 18.0 Å². The first kappa shape index (κ1) is 17.8. The van der Waals surface area contributed by atoms with Gasteiger partial charge in [0.2, 0.25) is 5.91 Å². The van der Waals surface area contributed by atoms with Gasteiger partial charge in [0.15, 0.2) is 0 Å². The van der Waals surface area contributed by atoms with Gasteiger partial charge in [-0.3, -0.25) is 9.69 Å². The van der Waals surface area contributed by atoms with E-state index in [0.29, 0.717) is 13.1 Å². The summed E-state index contributed by atoms with van der Waals surface area (Å²) in [7, 11) is 0. The number of hydrogen-bond donors (Lipinski definition) is 0. The molecule has 0 N–H and O–H groups in total. The SMILES string of the molecule is CCCCN(CC)C(=O)C1CCCN1C(=O)OC(C)(C)C. The fourth-order valence-corrected chi connectivity index (χ4v) is 2.55. The molecule has 1 atom stereocenters. The van der Waals surface area contributed by atoms with Gasteiger partial charge in [0.25, 0.3) is 0 Å². The van der Waals surface area contributed by atoms with Crippen molar-refractivity contribution in [3.8, 4) is 0 Å². The van der Waals surface area contributed by atoms with Crippen LogP contribution in [0.4, 0.5) is 4.79 Å². The van der Waals surface area contributed by atoms with Crippen LogP contribution in [0.25, 0.3) is 0 Å². The van der Waals surface area contributed by atoms with Gasteiger partial charge in [0, 0.05) is 19.6 Å². The van der Waals surface area contributed by atoms with E-state index in [1.54, 1.807) is 4.90 Å². The summed E-state index contributed by atoms with van der Waals surface area (Å²) >= 11 is 0. The summed E-state index contributed by atoms with van der Waals surface area (Å²) in [6.45, 7) is 11.7. The Morgan fingerprint density at radius 2 is 1.95 bits per heavy atom. The number of ether oxygens (including phenoxy) is 1. The molecule has 1 heterocycles. The van der Waals surface area contributed by atoms with Crippen molar-refractivity contribution in [3.05, 3.63) is 0 Å². The molecule has 0 aromatic rings. The Labute approximate surface area is 128 Å². The van der Waals surface area contributed by atoms with Crippen LogP contribution < -0.4 is 0 Å². The first-order valence-corrected chi connectivity index (χ1v) is 8.08. The lowest BCUT2D eigenvalue weighted by Gasteiger charge is -2.31. The van der Waals surface area contributed by atoms with Gasteiger partial charge in [-0.05, 0) is 47.0 Å². The molecule has 5 nitrogen and oxygen atoms in total. The number of hydrogen-bond acceptors (Lipinski definition) is 3. The fourth-order valence-electron chi connectivity index (χ4n) is 2.55. The average Bonchev–Trinajstić information content (AvgIpc) is 2.86. The Kier molecular flexibility index (Phi) is 6.49. The Hall–Kier alpha value is -1.26. The second-order valence-corrected chi connectivity index (χ2v) is 6.60. The number of nitrogens with zero attached hydrogens (tertiary/aromatic N) is 2. The Morgan fingerprint density at radius 3 is 2.48 bits per heavy atom. The van der Waals surface area contributed by atoms with Crippen LogP contribution in [-0.4, -0.2) is 53.1 Å². The monoisotopic (exact) mass is 298 g/mol. The minimum absolute atomic E-state index is 0.0642. The zero-order valence-corrected chi connectivity index (χ0v) is 14.1. The summed E-state index contributed by atoms with van der Waals surface area (Å²) in [5, 5.41) is 0. The predicted octanol–water partition coefficient (Wildman–Crippen LogP) is 3.03. The number of likely N-dealkylation sites (N-methyl/N-ethyl adjacent to an activating group) is 1. The zero-order chi connectivity index (χ0) is 16.0. The normalized spacial score (nSPS) is 18.7. The summed E-state index contributed by atoms with van der Waals surface area (Å²) in [5.74, 6) is 0.0642. The van der Waals surface area contributed by atoms with Crippen LogP contribution >= 0.6 is 0 Å². The van der Waals surface area contributed by atoms with Crippen LogP contribution in [-0.2, 0) is 9.53 Å². The van der Waals surface area contributed by atoms with Crippen LogP contribution in [0.1, 0.15) is 60.3 Å². The molecule has 1 saturated heterocycles. The molecule has 5 heteroatoms. The predicted molar refractivity (Wildman–Crippen MR) is 83.1 cm³/mol. The van der Waals surface area contributed by atoms with Crippen molar-refractivity contribution < 1.29 is 14.3 Å². The fraction of sp³-hybridized carbons (Fsp3) is 0.875. The van der Waals surface area contributed by atoms with E-state index in [2.05, 4.69) is 6.92 Å².